The minimum Gasteiger partial charge on any atom is -0.462 e. The van der Waals surface area contributed by atoms with Gasteiger partial charge in [-0.3, -0.25) is 14.1 Å². The summed E-state index contributed by atoms with van der Waals surface area (Å²) in [5.74, 6) is -1.00. The molecule has 0 aliphatic carbocycles. The zero-order valence-corrected chi connectivity index (χ0v) is 31.9. The van der Waals surface area contributed by atoms with Crippen molar-refractivity contribution in [3.8, 4) is 0 Å². The lowest BCUT2D eigenvalue weighted by molar-refractivity contribution is -0.161. The van der Waals surface area contributed by atoms with Crippen molar-refractivity contribution in [2.75, 3.05) is 13.2 Å². The van der Waals surface area contributed by atoms with Crippen molar-refractivity contribution < 1.29 is 37.9 Å². The molecule has 0 saturated carbocycles. The van der Waals surface area contributed by atoms with Gasteiger partial charge >= 0.3 is 19.8 Å². The highest BCUT2D eigenvalue weighted by Gasteiger charge is 2.22. The van der Waals surface area contributed by atoms with Crippen LogP contribution in [0.25, 0.3) is 0 Å². The van der Waals surface area contributed by atoms with E-state index >= 15 is 0 Å². The number of unbranched alkanes of at least 4 members (excludes halogenated alkanes) is 9. The van der Waals surface area contributed by atoms with E-state index < -0.39 is 32.5 Å². The minimum atomic E-state index is -4.78. The van der Waals surface area contributed by atoms with Gasteiger partial charge in [-0.15, -0.1) is 0 Å². The molecule has 0 saturated heterocycles. The van der Waals surface area contributed by atoms with Crippen LogP contribution in [0.3, 0.4) is 0 Å². The second kappa shape index (κ2) is 36.0. The summed E-state index contributed by atoms with van der Waals surface area (Å²) >= 11 is 0. The van der Waals surface area contributed by atoms with Crippen LogP contribution in [0.15, 0.2) is 85.1 Å². The summed E-state index contributed by atoms with van der Waals surface area (Å²) in [7, 11) is -4.78. The second-order valence-electron chi connectivity index (χ2n) is 12.2. The number of phosphoric acid groups is 1. The predicted octanol–water partition coefficient (Wildman–Crippen LogP) is 11.3. The summed E-state index contributed by atoms with van der Waals surface area (Å²) in [4.78, 5) is 42.7. The van der Waals surface area contributed by atoms with Gasteiger partial charge in [0.05, 0.1) is 6.61 Å². The summed E-state index contributed by atoms with van der Waals surface area (Å²) in [6.07, 6.45) is 47.4. The van der Waals surface area contributed by atoms with Crippen LogP contribution in [-0.4, -0.2) is 41.0 Å². The van der Waals surface area contributed by atoms with Crippen LogP contribution in [0.5, 0.6) is 0 Å². The van der Waals surface area contributed by atoms with Crippen molar-refractivity contribution in [3.05, 3.63) is 85.1 Å². The van der Waals surface area contributed by atoms with Gasteiger partial charge in [0.15, 0.2) is 6.10 Å². The Morgan fingerprint density at radius 1 is 0.540 bits per heavy atom. The Labute approximate surface area is 303 Å². The molecule has 0 rings (SSSR count). The molecule has 284 valence electrons. The van der Waals surface area contributed by atoms with Crippen LogP contribution in [0.2, 0.25) is 0 Å². The van der Waals surface area contributed by atoms with E-state index in [1.807, 2.05) is 6.08 Å². The fourth-order valence-corrected chi connectivity index (χ4v) is 4.97. The van der Waals surface area contributed by atoms with E-state index in [1.54, 1.807) is 0 Å². The Bertz CT molecular complexity index is 1080. The van der Waals surface area contributed by atoms with E-state index in [1.165, 1.54) is 38.5 Å². The first-order valence-electron chi connectivity index (χ1n) is 18.9. The monoisotopic (exact) mass is 718 g/mol. The van der Waals surface area contributed by atoms with E-state index in [4.69, 9.17) is 19.3 Å². The third-order valence-corrected chi connectivity index (χ3v) is 7.88. The maximum Gasteiger partial charge on any atom is 0.469 e. The van der Waals surface area contributed by atoms with Gasteiger partial charge < -0.3 is 19.3 Å². The first-order valence-corrected chi connectivity index (χ1v) is 20.4. The van der Waals surface area contributed by atoms with Crippen molar-refractivity contribution >= 4 is 19.8 Å². The average Bonchev–Trinajstić information content (AvgIpc) is 3.08. The Morgan fingerprint density at radius 2 is 0.980 bits per heavy atom. The van der Waals surface area contributed by atoms with Gasteiger partial charge in [-0.1, -0.05) is 131 Å². The Morgan fingerprint density at radius 3 is 1.50 bits per heavy atom. The van der Waals surface area contributed by atoms with E-state index in [-0.39, 0.29) is 19.4 Å². The van der Waals surface area contributed by atoms with Crippen LogP contribution in [-0.2, 0) is 28.2 Å². The molecule has 0 fully saturated rings. The normalized spacial score (nSPS) is 13.4. The van der Waals surface area contributed by atoms with Crippen LogP contribution >= 0.6 is 7.82 Å². The molecule has 0 bridgehead atoms. The molecule has 9 heteroatoms. The molecule has 0 amide bonds. The maximum atomic E-state index is 12.3. The highest BCUT2D eigenvalue weighted by atomic mass is 31.2. The van der Waals surface area contributed by atoms with Crippen LogP contribution in [0, 0.1) is 0 Å². The second-order valence-corrected chi connectivity index (χ2v) is 13.4. The number of ether oxygens (including phenoxy) is 2. The quantitative estimate of drug-likeness (QED) is 0.0298. The fourth-order valence-electron chi connectivity index (χ4n) is 4.61. The van der Waals surface area contributed by atoms with Crippen LogP contribution in [0.4, 0.5) is 0 Å². The molecule has 0 aliphatic rings. The largest absolute Gasteiger partial charge is 0.469 e. The summed E-state index contributed by atoms with van der Waals surface area (Å²) in [5, 5.41) is 0. The summed E-state index contributed by atoms with van der Waals surface area (Å²) in [6, 6.07) is 0. The molecule has 0 aliphatic heterocycles. The van der Waals surface area contributed by atoms with Gasteiger partial charge in [0.2, 0.25) is 0 Å². The summed E-state index contributed by atoms with van der Waals surface area (Å²) in [5.41, 5.74) is 0. The van der Waals surface area contributed by atoms with E-state index in [9.17, 15) is 14.2 Å². The zero-order valence-electron chi connectivity index (χ0n) is 31.0. The Hall–Kier alpha value is -2.77. The van der Waals surface area contributed by atoms with Crippen LogP contribution in [0.1, 0.15) is 142 Å². The average molecular weight is 719 g/mol. The van der Waals surface area contributed by atoms with Gasteiger partial charge in [0.1, 0.15) is 6.61 Å². The van der Waals surface area contributed by atoms with Gasteiger partial charge in [0.25, 0.3) is 0 Å². The number of allylic oxidation sites excluding steroid dienone is 14. The molecule has 1 atom stereocenters. The topological polar surface area (TPSA) is 119 Å². The van der Waals surface area contributed by atoms with Gasteiger partial charge in [-0.05, 0) is 83.5 Å². The number of hydrogen-bond acceptors (Lipinski definition) is 6. The Balaban J connectivity index is 4.15. The molecule has 8 nitrogen and oxygen atoms in total. The predicted molar refractivity (Wildman–Crippen MR) is 207 cm³/mol. The first kappa shape index (κ1) is 47.2. The molecule has 2 N–H and O–H groups in total. The fraction of sp³-hybridized carbons (Fsp3) is 0.610. The molecule has 0 aromatic carbocycles. The van der Waals surface area contributed by atoms with E-state index in [0.717, 1.165) is 57.8 Å². The van der Waals surface area contributed by atoms with E-state index in [0.29, 0.717) is 19.3 Å². The molecular weight excluding hydrogens is 651 g/mol. The van der Waals surface area contributed by atoms with Gasteiger partial charge in [-0.2, -0.15) is 0 Å². The molecule has 0 spiro atoms. The number of esters is 2. The van der Waals surface area contributed by atoms with Crippen molar-refractivity contribution in [2.24, 2.45) is 0 Å². The molecular formula is C41H67O8P. The standard InChI is InChI=1S/C41H67O8P/c1-3-5-7-9-11-13-15-17-19-20-22-24-26-28-30-32-34-36-41(43)49-39(38-48-50(44,45)46)37-47-40(42)35-33-31-29-27-25-23-21-18-16-14-12-10-8-6-4-2/h6,8,12,14,17-19,21-22,24-25,27-28,30,39H,3-5,7,9-11,13,15-16,20,23,26,29,31-38H2,1-2H3,(H2,44,45,46)/b8-6-,14-12-,19-17-,21-18-,24-22-,27-25-,30-28-/t39-/m1/s1. The van der Waals surface area contributed by atoms with Crippen LogP contribution < -0.4 is 0 Å². The molecule has 0 aromatic rings. The number of phosphoric ester groups is 1. The summed E-state index contributed by atoms with van der Waals surface area (Å²) in [6.45, 7) is 3.46. The SMILES string of the molecule is CC/C=C\C/C=C\C/C=C\C/C=C\CCCCC(=O)OC[C@H](COP(=O)(O)O)OC(=O)CCC/C=C\C/C=C\C/C=C\CCCCCCCC. The number of hydrogen-bond donors (Lipinski definition) is 2. The van der Waals surface area contributed by atoms with Gasteiger partial charge in [0, 0.05) is 12.8 Å². The van der Waals surface area contributed by atoms with Crippen molar-refractivity contribution in [1.82, 2.24) is 0 Å². The zero-order chi connectivity index (χ0) is 36.8. The molecule has 0 aromatic heterocycles. The molecule has 0 unspecified atom stereocenters. The number of carbonyl (C=O) groups is 2. The van der Waals surface area contributed by atoms with Gasteiger partial charge in [-0.25, -0.2) is 4.57 Å². The number of rotatable bonds is 33. The third kappa shape index (κ3) is 38.0. The highest BCUT2D eigenvalue weighted by Crippen LogP contribution is 2.35. The summed E-state index contributed by atoms with van der Waals surface area (Å²) < 4.78 is 26.2. The minimum absolute atomic E-state index is 0.126. The smallest absolute Gasteiger partial charge is 0.462 e. The lowest BCUT2D eigenvalue weighted by Crippen LogP contribution is -2.29. The third-order valence-electron chi connectivity index (χ3n) is 7.40. The van der Waals surface area contributed by atoms with E-state index in [2.05, 4.69) is 97.4 Å². The lowest BCUT2D eigenvalue weighted by Gasteiger charge is -2.18. The Kier molecular flexibility index (Phi) is 34.0. The molecule has 0 heterocycles. The first-order chi connectivity index (χ1) is 24.3. The maximum absolute atomic E-state index is 12.3. The number of carbonyl (C=O) groups excluding carboxylic acids is 2. The molecule has 50 heavy (non-hydrogen) atoms. The molecule has 0 radical (unpaired) electrons. The van der Waals surface area contributed by atoms with Crippen molar-refractivity contribution in [2.45, 2.75) is 148 Å². The van der Waals surface area contributed by atoms with Crippen molar-refractivity contribution in [3.63, 3.8) is 0 Å². The van der Waals surface area contributed by atoms with Crippen molar-refractivity contribution in [1.29, 1.82) is 0 Å². The lowest BCUT2D eigenvalue weighted by atomic mass is 10.1. The highest BCUT2D eigenvalue weighted by molar-refractivity contribution is 7.46.